The first-order chi connectivity index (χ1) is 8.10. The molecule has 0 aromatic heterocycles. The van der Waals surface area contributed by atoms with E-state index >= 15 is 0 Å². The predicted octanol–water partition coefficient (Wildman–Crippen LogP) is 4.10. The second-order valence-corrected chi connectivity index (χ2v) is 4.63. The van der Waals surface area contributed by atoms with E-state index in [0.29, 0.717) is 5.02 Å². The summed E-state index contributed by atoms with van der Waals surface area (Å²) in [6.07, 6.45) is 2.88. The largest absolute Gasteiger partial charge is 0.469 e. The molecule has 0 aliphatic rings. The highest BCUT2D eigenvalue weighted by atomic mass is 35.5. The van der Waals surface area contributed by atoms with Crippen molar-refractivity contribution >= 4 is 17.6 Å². The van der Waals surface area contributed by atoms with Crippen LogP contribution in [-0.2, 0) is 9.53 Å². The second kappa shape index (κ2) is 6.65. The molecule has 0 aliphatic heterocycles. The molecular weight excluding hydrogens is 236 g/mol. The van der Waals surface area contributed by atoms with Crippen LogP contribution in [0.4, 0.5) is 0 Å². The summed E-state index contributed by atoms with van der Waals surface area (Å²) in [4.78, 5) is 11.7. The molecule has 0 N–H and O–H groups in total. The van der Waals surface area contributed by atoms with Crippen LogP contribution in [0.5, 0.6) is 0 Å². The molecule has 1 aromatic carbocycles. The van der Waals surface area contributed by atoms with E-state index in [1.54, 1.807) is 0 Å². The van der Waals surface area contributed by atoms with Gasteiger partial charge in [-0.15, -0.1) is 0 Å². The number of esters is 1. The molecule has 0 bridgehead atoms. The van der Waals surface area contributed by atoms with Crippen molar-refractivity contribution in [3.05, 3.63) is 34.3 Å². The third-order valence-corrected chi connectivity index (χ3v) is 3.34. The SMILES string of the molecule is CCCCC(C(=O)OC)c1ccc(C)c(Cl)c1. The van der Waals surface area contributed by atoms with E-state index in [9.17, 15) is 4.79 Å². The van der Waals surface area contributed by atoms with Crippen molar-refractivity contribution in [3.63, 3.8) is 0 Å². The van der Waals surface area contributed by atoms with E-state index in [1.807, 2.05) is 25.1 Å². The molecule has 0 saturated carbocycles. The van der Waals surface area contributed by atoms with Crippen LogP contribution in [0.1, 0.15) is 43.2 Å². The molecular formula is C14H19ClO2. The van der Waals surface area contributed by atoms with Gasteiger partial charge in [-0.3, -0.25) is 4.79 Å². The Kier molecular flexibility index (Phi) is 5.49. The lowest BCUT2D eigenvalue weighted by molar-refractivity contribution is -0.142. The van der Waals surface area contributed by atoms with Gasteiger partial charge in [-0.2, -0.15) is 0 Å². The van der Waals surface area contributed by atoms with Crippen molar-refractivity contribution in [2.45, 2.75) is 39.0 Å². The van der Waals surface area contributed by atoms with Crippen molar-refractivity contribution < 1.29 is 9.53 Å². The molecule has 1 aromatic rings. The van der Waals surface area contributed by atoms with Crippen molar-refractivity contribution in [3.8, 4) is 0 Å². The Balaban J connectivity index is 2.95. The summed E-state index contributed by atoms with van der Waals surface area (Å²) in [5.74, 6) is -0.378. The Morgan fingerprint density at radius 3 is 2.71 bits per heavy atom. The van der Waals surface area contributed by atoms with Gasteiger partial charge in [0.05, 0.1) is 13.0 Å². The number of carbonyl (C=O) groups is 1. The van der Waals surface area contributed by atoms with Gasteiger partial charge in [0.25, 0.3) is 0 Å². The molecule has 0 radical (unpaired) electrons. The Morgan fingerprint density at radius 2 is 2.18 bits per heavy atom. The molecule has 17 heavy (non-hydrogen) atoms. The van der Waals surface area contributed by atoms with Gasteiger partial charge in [0.15, 0.2) is 0 Å². The number of rotatable bonds is 5. The van der Waals surface area contributed by atoms with E-state index in [0.717, 1.165) is 30.4 Å². The standard InChI is InChI=1S/C14H19ClO2/c1-4-5-6-12(14(16)17-3)11-8-7-10(2)13(15)9-11/h7-9,12H,4-6H2,1-3H3. The molecule has 0 aliphatic carbocycles. The van der Waals surface area contributed by atoms with Gasteiger partial charge in [-0.05, 0) is 30.5 Å². The Bertz CT molecular complexity index is 388. The summed E-state index contributed by atoms with van der Waals surface area (Å²) < 4.78 is 4.85. The van der Waals surface area contributed by atoms with E-state index in [-0.39, 0.29) is 11.9 Å². The molecule has 0 heterocycles. The summed E-state index contributed by atoms with van der Waals surface area (Å²) in [6.45, 7) is 4.06. The number of benzene rings is 1. The average molecular weight is 255 g/mol. The van der Waals surface area contributed by atoms with Gasteiger partial charge in [0.2, 0.25) is 0 Å². The number of methoxy groups -OCH3 is 1. The third kappa shape index (κ3) is 3.74. The lowest BCUT2D eigenvalue weighted by Gasteiger charge is -2.15. The summed E-state index contributed by atoms with van der Waals surface area (Å²) in [7, 11) is 1.43. The van der Waals surface area contributed by atoms with Gasteiger partial charge >= 0.3 is 5.97 Å². The number of ether oxygens (including phenoxy) is 1. The summed E-state index contributed by atoms with van der Waals surface area (Å²) in [5, 5.41) is 0.702. The van der Waals surface area contributed by atoms with Gasteiger partial charge in [0, 0.05) is 5.02 Å². The summed E-state index contributed by atoms with van der Waals surface area (Å²) in [6, 6.07) is 5.77. The van der Waals surface area contributed by atoms with Gasteiger partial charge < -0.3 is 4.74 Å². The molecule has 1 unspecified atom stereocenters. The van der Waals surface area contributed by atoms with Crippen LogP contribution in [0.3, 0.4) is 0 Å². The molecule has 0 fully saturated rings. The normalized spacial score (nSPS) is 12.2. The van der Waals surface area contributed by atoms with E-state index in [4.69, 9.17) is 16.3 Å². The van der Waals surface area contributed by atoms with E-state index < -0.39 is 0 Å². The van der Waals surface area contributed by atoms with Crippen LogP contribution in [0.25, 0.3) is 0 Å². The molecule has 2 nitrogen and oxygen atoms in total. The van der Waals surface area contributed by atoms with Crippen LogP contribution in [-0.4, -0.2) is 13.1 Å². The van der Waals surface area contributed by atoms with Crippen molar-refractivity contribution in [2.75, 3.05) is 7.11 Å². The first-order valence-electron chi connectivity index (χ1n) is 5.94. The van der Waals surface area contributed by atoms with Gasteiger partial charge in [0.1, 0.15) is 0 Å². The maximum absolute atomic E-state index is 11.7. The highest BCUT2D eigenvalue weighted by molar-refractivity contribution is 6.31. The van der Waals surface area contributed by atoms with Crippen LogP contribution in [0, 0.1) is 6.92 Å². The monoisotopic (exact) mass is 254 g/mol. The number of unbranched alkanes of at least 4 members (excludes halogenated alkanes) is 1. The van der Waals surface area contributed by atoms with Crippen molar-refractivity contribution in [1.29, 1.82) is 0 Å². The maximum Gasteiger partial charge on any atom is 0.313 e. The molecule has 0 spiro atoms. The summed E-state index contributed by atoms with van der Waals surface area (Å²) in [5.41, 5.74) is 1.97. The first-order valence-corrected chi connectivity index (χ1v) is 6.31. The molecule has 0 saturated heterocycles. The molecule has 94 valence electrons. The van der Waals surface area contributed by atoms with Crippen LogP contribution < -0.4 is 0 Å². The third-order valence-electron chi connectivity index (χ3n) is 2.93. The zero-order valence-electron chi connectivity index (χ0n) is 10.6. The minimum atomic E-state index is -0.196. The van der Waals surface area contributed by atoms with Crippen LogP contribution in [0.2, 0.25) is 5.02 Å². The number of hydrogen-bond donors (Lipinski definition) is 0. The molecule has 1 atom stereocenters. The van der Waals surface area contributed by atoms with Gasteiger partial charge in [-0.1, -0.05) is 43.5 Å². The zero-order chi connectivity index (χ0) is 12.8. The Labute approximate surface area is 108 Å². The van der Waals surface area contributed by atoms with Gasteiger partial charge in [-0.25, -0.2) is 0 Å². The lowest BCUT2D eigenvalue weighted by atomic mass is 9.93. The Morgan fingerprint density at radius 1 is 1.47 bits per heavy atom. The van der Waals surface area contributed by atoms with Crippen molar-refractivity contribution in [2.24, 2.45) is 0 Å². The molecule has 1 rings (SSSR count). The highest BCUT2D eigenvalue weighted by Gasteiger charge is 2.21. The van der Waals surface area contributed by atoms with Crippen molar-refractivity contribution in [1.82, 2.24) is 0 Å². The van der Waals surface area contributed by atoms with Crippen LogP contribution >= 0.6 is 11.6 Å². The summed E-state index contributed by atoms with van der Waals surface area (Å²) >= 11 is 6.09. The van der Waals surface area contributed by atoms with E-state index in [2.05, 4.69) is 6.92 Å². The molecule has 0 amide bonds. The highest BCUT2D eigenvalue weighted by Crippen LogP contribution is 2.27. The number of aryl methyl sites for hydroxylation is 1. The Hall–Kier alpha value is -1.02. The topological polar surface area (TPSA) is 26.3 Å². The minimum Gasteiger partial charge on any atom is -0.469 e. The minimum absolute atomic E-state index is 0.182. The maximum atomic E-state index is 11.7. The first kappa shape index (κ1) is 14.0. The number of halogens is 1. The van der Waals surface area contributed by atoms with Crippen LogP contribution in [0.15, 0.2) is 18.2 Å². The number of carbonyl (C=O) groups excluding carboxylic acids is 1. The molecule has 3 heteroatoms. The fraction of sp³-hybridized carbons (Fsp3) is 0.500. The smallest absolute Gasteiger partial charge is 0.313 e. The quantitative estimate of drug-likeness (QED) is 0.740. The second-order valence-electron chi connectivity index (χ2n) is 4.23. The predicted molar refractivity (Wildman–Crippen MR) is 70.5 cm³/mol. The van der Waals surface area contributed by atoms with E-state index in [1.165, 1.54) is 7.11 Å². The fourth-order valence-corrected chi connectivity index (χ4v) is 1.99. The fourth-order valence-electron chi connectivity index (χ4n) is 1.80. The lowest BCUT2D eigenvalue weighted by Crippen LogP contribution is -2.14. The average Bonchev–Trinajstić information content (AvgIpc) is 2.33. The number of hydrogen-bond acceptors (Lipinski definition) is 2. The zero-order valence-corrected chi connectivity index (χ0v) is 11.4.